The third-order valence-electron chi connectivity index (χ3n) is 4.95. The smallest absolute Gasteiger partial charge is 0.126 e. The van der Waals surface area contributed by atoms with Crippen molar-refractivity contribution in [3.8, 4) is 0 Å². The molecular weight excluding hydrogens is 315 g/mol. The minimum atomic E-state index is -0.146. The number of nitrogens with one attached hydrogen (secondary N) is 1. The van der Waals surface area contributed by atoms with Crippen molar-refractivity contribution >= 4 is 0 Å². The van der Waals surface area contributed by atoms with Crippen molar-refractivity contribution < 1.29 is 9.50 Å². The van der Waals surface area contributed by atoms with Gasteiger partial charge in [-0.3, -0.25) is 4.90 Å². The number of aliphatic hydroxyl groups excluding tert-OH is 1. The fourth-order valence-corrected chi connectivity index (χ4v) is 3.29. The Morgan fingerprint density at radius 2 is 1.80 bits per heavy atom. The van der Waals surface area contributed by atoms with Gasteiger partial charge in [-0.2, -0.15) is 0 Å². The Morgan fingerprint density at radius 3 is 2.52 bits per heavy atom. The molecular formula is C21H27FN2O. The first-order valence-corrected chi connectivity index (χ1v) is 9.05. The number of halogens is 1. The van der Waals surface area contributed by atoms with Gasteiger partial charge in [-0.25, -0.2) is 4.39 Å². The van der Waals surface area contributed by atoms with Gasteiger partial charge >= 0.3 is 0 Å². The van der Waals surface area contributed by atoms with Crippen LogP contribution in [0.15, 0.2) is 42.5 Å². The Balaban J connectivity index is 1.56. The van der Waals surface area contributed by atoms with Gasteiger partial charge in [-0.1, -0.05) is 36.4 Å². The number of likely N-dealkylation sites (tertiary alicyclic amines) is 1. The molecule has 4 heteroatoms. The lowest BCUT2D eigenvalue weighted by atomic mass is 10.0. The number of benzene rings is 2. The molecule has 2 N–H and O–H groups in total. The highest BCUT2D eigenvalue weighted by atomic mass is 19.1. The monoisotopic (exact) mass is 342 g/mol. The predicted octanol–water partition coefficient (Wildman–Crippen LogP) is 3.38. The average Bonchev–Trinajstić information content (AvgIpc) is 2.61. The van der Waals surface area contributed by atoms with E-state index in [0.29, 0.717) is 12.1 Å². The van der Waals surface area contributed by atoms with E-state index < -0.39 is 0 Å². The zero-order valence-corrected chi connectivity index (χ0v) is 14.8. The topological polar surface area (TPSA) is 35.5 Å². The lowest BCUT2D eigenvalue weighted by molar-refractivity contribution is 0.0791. The fraction of sp³-hybridized carbons (Fsp3) is 0.429. The Kier molecular flexibility index (Phi) is 6.19. The second-order valence-electron chi connectivity index (χ2n) is 6.96. The summed E-state index contributed by atoms with van der Waals surface area (Å²) in [5.74, 6) is -0.146. The second kappa shape index (κ2) is 8.56. The highest BCUT2D eigenvalue weighted by Gasteiger charge is 2.17. The summed E-state index contributed by atoms with van der Waals surface area (Å²) in [4.78, 5) is 2.40. The quantitative estimate of drug-likeness (QED) is 0.845. The van der Waals surface area contributed by atoms with E-state index in [1.807, 2.05) is 12.1 Å². The van der Waals surface area contributed by atoms with Crippen molar-refractivity contribution in [2.75, 3.05) is 13.1 Å². The van der Waals surface area contributed by atoms with Gasteiger partial charge in [0.25, 0.3) is 0 Å². The summed E-state index contributed by atoms with van der Waals surface area (Å²) in [5, 5.41) is 13.1. The Hall–Kier alpha value is -1.75. The number of hydrogen-bond donors (Lipinski definition) is 2. The molecule has 1 heterocycles. The van der Waals surface area contributed by atoms with Crippen molar-refractivity contribution in [3.05, 3.63) is 70.5 Å². The molecule has 2 aromatic carbocycles. The van der Waals surface area contributed by atoms with Crippen molar-refractivity contribution in [3.63, 3.8) is 0 Å². The van der Waals surface area contributed by atoms with Gasteiger partial charge in [0.2, 0.25) is 0 Å². The van der Waals surface area contributed by atoms with Gasteiger partial charge in [0.1, 0.15) is 5.82 Å². The first-order chi connectivity index (χ1) is 12.1. The SMILES string of the molecule is Cc1ccc(CNCc2ccccc2CN2CCC(O)CC2)cc1F. The average molecular weight is 342 g/mol. The number of rotatable bonds is 6. The van der Waals surface area contributed by atoms with E-state index in [0.717, 1.165) is 44.6 Å². The lowest BCUT2D eigenvalue weighted by Crippen LogP contribution is -2.35. The molecule has 134 valence electrons. The molecule has 3 nitrogen and oxygen atoms in total. The molecule has 0 aliphatic carbocycles. The van der Waals surface area contributed by atoms with Crippen LogP contribution in [0.3, 0.4) is 0 Å². The van der Waals surface area contributed by atoms with Gasteiger partial charge in [0.05, 0.1) is 6.10 Å². The molecule has 0 atom stereocenters. The molecule has 0 bridgehead atoms. The Labute approximate surface area is 149 Å². The van der Waals surface area contributed by atoms with Crippen LogP contribution in [0.5, 0.6) is 0 Å². The van der Waals surface area contributed by atoms with E-state index in [1.165, 1.54) is 11.1 Å². The maximum atomic E-state index is 13.6. The Morgan fingerprint density at radius 1 is 1.08 bits per heavy atom. The number of hydrogen-bond acceptors (Lipinski definition) is 3. The molecule has 3 rings (SSSR count). The minimum absolute atomic E-state index is 0.136. The molecule has 0 radical (unpaired) electrons. The van der Waals surface area contributed by atoms with Crippen LogP contribution < -0.4 is 5.32 Å². The molecule has 0 aromatic heterocycles. The van der Waals surface area contributed by atoms with Gasteiger partial charge in [0, 0.05) is 32.7 Å². The number of piperidine rings is 1. The van der Waals surface area contributed by atoms with Gasteiger partial charge < -0.3 is 10.4 Å². The molecule has 2 aromatic rings. The van der Waals surface area contributed by atoms with Crippen molar-refractivity contribution in [1.29, 1.82) is 0 Å². The molecule has 0 spiro atoms. The summed E-state index contributed by atoms with van der Waals surface area (Å²) < 4.78 is 13.6. The first-order valence-electron chi connectivity index (χ1n) is 9.05. The largest absolute Gasteiger partial charge is 0.393 e. The molecule has 0 saturated carbocycles. The standard InChI is InChI=1S/C21H27FN2O/c1-16-6-7-17(12-21(16)22)13-23-14-18-4-2-3-5-19(18)15-24-10-8-20(25)9-11-24/h2-7,12,20,23,25H,8-11,13-15H2,1H3. The first kappa shape index (κ1) is 18.1. The van der Waals surface area contributed by atoms with Gasteiger partial charge in [-0.05, 0) is 48.1 Å². The molecule has 0 unspecified atom stereocenters. The molecule has 1 aliphatic rings. The van der Waals surface area contributed by atoms with E-state index in [1.54, 1.807) is 13.0 Å². The van der Waals surface area contributed by atoms with Crippen LogP contribution in [-0.2, 0) is 19.6 Å². The third-order valence-corrected chi connectivity index (χ3v) is 4.95. The van der Waals surface area contributed by atoms with Crippen LogP contribution in [0.4, 0.5) is 4.39 Å². The number of nitrogens with zero attached hydrogens (tertiary/aromatic N) is 1. The summed E-state index contributed by atoms with van der Waals surface area (Å²) in [5.41, 5.74) is 4.24. The highest BCUT2D eigenvalue weighted by Crippen LogP contribution is 2.17. The molecule has 0 amide bonds. The summed E-state index contributed by atoms with van der Waals surface area (Å²) in [6.45, 7) is 6.02. The highest BCUT2D eigenvalue weighted by molar-refractivity contribution is 5.27. The normalized spacial score (nSPS) is 16.3. The van der Waals surface area contributed by atoms with E-state index >= 15 is 0 Å². The van der Waals surface area contributed by atoms with Crippen molar-refractivity contribution in [2.45, 2.75) is 45.5 Å². The van der Waals surface area contributed by atoms with Crippen LogP contribution in [-0.4, -0.2) is 29.2 Å². The zero-order valence-electron chi connectivity index (χ0n) is 14.8. The zero-order chi connectivity index (χ0) is 17.6. The van der Waals surface area contributed by atoms with E-state index in [-0.39, 0.29) is 11.9 Å². The molecule has 1 saturated heterocycles. The van der Waals surface area contributed by atoms with Gasteiger partial charge in [0.15, 0.2) is 0 Å². The summed E-state index contributed by atoms with van der Waals surface area (Å²) in [7, 11) is 0. The maximum Gasteiger partial charge on any atom is 0.126 e. The minimum Gasteiger partial charge on any atom is -0.393 e. The van der Waals surface area contributed by atoms with Crippen LogP contribution >= 0.6 is 0 Å². The summed E-state index contributed by atoms with van der Waals surface area (Å²) in [6, 6.07) is 13.9. The maximum absolute atomic E-state index is 13.6. The molecule has 1 fully saturated rings. The number of aryl methyl sites for hydroxylation is 1. The van der Waals surface area contributed by atoms with Crippen LogP contribution in [0.2, 0.25) is 0 Å². The van der Waals surface area contributed by atoms with Gasteiger partial charge in [-0.15, -0.1) is 0 Å². The second-order valence-corrected chi connectivity index (χ2v) is 6.96. The fourth-order valence-electron chi connectivity index (χ4n) is 3.29. The third kappa shape index (κ3) is 5.11. The van der Waals surface area contributed by atoms with E-state index in [2.05, 4.69) is 34.5 Å². The lowest BCUT2D eigenvalue weighted by Gasteiger charge is -2.30. The summed E-state index contributed by atoms with van der Waals surface area (Å²) in [6.07, 6.45) is 1.58. The van der Waals surface area contributed by atoms with Crippen LogP contribution in [0.25, 0.3) is 0 Å². The van der Waals surface area contributed by atoms with Crippen LogP contribution in [0, 0.1) is 12.7 Å². The van der Waals surface area contributed by atoms with E-state index in [4.69, 9.17) is 0 Å². The van der Waals surface area contributed by atoms with Crippen molar-refractivity contribution in [1.82, 2.24) is 10.2 Å². The Bertz CT molecular complexity index is 696. The predicted molar refractivity (Wildman–Crippen MR) is 98.6 cm³/mol. The van der Waals surface area contributed by atoms with Crippen molar-refractivity contribution in [2.24, 2.45) is 0 Å². The number of aliphatic hydroxyl groups is 1. The van der Waals surface area contributed by atoms with Crippen LogP contribution in [0.1, 0.15) is 35.1 Å². The summed E-state index contributed by atoms with van der Waals surface area (Å²) >= 11 is 0. The van der Waals surface area contributed by atoms with E-state index in [9.17, 15) is 9.50 Å². The molecule has 1 aliphatic heterocycles. The molecule has 25 heavy (non-hydrogen) atoms.